The standard InChI is InChI=1S/C26H24FN3O3S/c1-19-6-11-23(12-7-19)29-26(31)30(24-13-9-22(27)10-14-24)17-16-28-34(32,33)25-15-8-20-4-2-3-5-21(20)18-25/h2-15,18,28H,16-17H2,1H3,(H,29,31). The fourth-order valence-corrected chi connectivity index (χ4v) is 4.56. The number of hydrogen-bond donors (Lipinski definition) is 2. The molecule has 0 unspecified atom stereocenters. The van der Waals surface area contributed by atoms with Crippen molar-refractivity contribution in [2.24, 2.45) is 0 Å². The second kappa shape index (κ2) is 10.0. The third-order valence-corrected chi connectivity index (χ3v) is 6.80. The molecule has 8 heteroatoms. The van der Waals surface area contributed by atoms with Crippen molar-refractivity contribution in [2.75, 3.05) is 23.3 Å². The molecule has 0 bridgehead atoms. The quantitative estimate of drug-likeness (QED) is 0.379. The minimum atomic E-state index is -3.79. The largest absolute Gasteiger partial charge is 0.326 e. The lowest BCUT2D eigenvalue weighted by Gasteiger charge is -2.23. The zero-order valence-electron chi connectivity index (χ0n) is 18.5. The van der Waals surface area contributed by atoms with E-state index >= 15 is 0 Å². The van der Waals surface area contributed by atoms with Crippen molar-refractivity contribution in [1.82, 2.24) is 4.72 Å². The number of carbonyl (C=O) groups is 1. The molecule has 0 aliphatic carbocycles. The molecule has 0 spiro atoms. The van der Waals surface area contributed by atoms with Gasteiger partial charge in [-0.05, 0) is 66.2 Å². The van der Waals surface area contributed by atoms with Gasteiger partial charge in [-0.3, -0.25) is 4.90 Å². The van der Waals surface area contributed by atoms with Crippen molar-refractivity contribution in [1.29, 1.82) is 0 Å². The number of halogens is 1. The maximum Gasteiger partial charge on any atom is 0.326 e. The highest BCUT2D eigenvalue weighted by atomic mass is 32.2. The Bertz CT molecular complexity index is 1410. The highest BCUT2D eigenvalue weighted by molar-refractivity contribution is 7.89. The Hall–Kier alpha value is -3.75. The summed E-state index contributed by atoms with van der Waals surface area (Å²) in [7, 11) is -3.79. The number of fused-ring (bicyclic) bond motifs is 1. The van der Waals surface area contributed by atoms with Crippen LogP contribution in [0.15, 0.2) is 95.9 Å². The second-order valence-corrected chi connectivity index (χ2v) is 9.60. The molecule has 2 N–H and O–H groups in total. The highest BCUT2D eigenvalue weighted by Gasteiger charge is 2.19. The van der Waals surface area contributed by atoms with Crippen LogP contribution in [0.4, 0.5) is 20.6 Å². The first-order chi connectivity index (χ1) is 16.3. The van der Waals surface area contributed by atoms with Crippen molar-refractivity contribution in [3.8, 4) is 0 Å². The number of rotatable bonds is 7. The molecule has 4 rings (SSSR count). The maximum absolute atomic E-state index is 13.4. The summed E-state index contributed by atoms with van der Waals surface area (Å²) >= 11 is 0. The van der Waals surface area contributed by atoms with Crippen molar-refractivity contribution in [3.63, 3.8) is 0 Å². The molecule has 174 valence electrons. The summed E-state index contributed by atoms with van der Waals surface area (Å²) in [6, 6.07) is 24.7. The molecule has 0 aliphatic heterocycles. The molecule has 0 fully saturated rings. The number of aryl methyl sites for hydroxylation is 1. The average molecular weight is 478 g/mol. The first kappa shape index (κ1) is 23.4. The van der Waals surface area contributed by atoms with Crippen molar-refractivity contribution >= 4 is 38.2 Å². The predicted octanol–water partition coefficient (Wildman–Crippen LogP) is 5.30. The zero-order valence-corrected chi connectivity index (χ0v) is 19.3. The molecular formula is C26H24FN3O3S. The Morgan fingerprint density at radius 2 is 1.56 bits per heavy atom. The molecule has 0 aromatic heterocycles. The number of carbonyl (C=O) groups excluding carboxylic acids is 1. The Balaban J connectivity index is 1.49. The third kappa shape index (κ3) is 5.59. The minimum absolute atomic E-state index is 0.0339. The van der Waals surface area contributed by atoms with Crippen LogP contribution in [0, 0.1) is 12.7 Å². The Kier molecular flexibility index (Phi) is 6.90. The lowest BCUT2D eigenvalue weighted by atomic mass is 10.1. The number of hydrogen-bond acceptors (Lipinski definition) is 3. The molecule has 0 heterocycles. The van der Waals surface area contributed by atoms with Crippen molar-refractivity contribution in [3.05, 3.63) is 102 Å². The van der Waals surface area contributed by atoms with Crippen molar-refractivity contribution < 1.29 is 17.6 Å². The number of anilines is 2. The molecular weight excluding hydrogens is 453 g/mol. The van der Waals surface area contributed by atoms with E-state index in [9.17, 15) is 17.6 Å². The third-order valence-electron chi connectivity index (χ3n) is 5.35. The predicted molar refractivity (Wildman–Crippen MR) is 133 cm³/mol. The van der Waals surface area contributed by atoms with Gasteiger partial charge in [-0.15, -0.1) is 0 Å². The molecule has 6 nitrogen and oxygen atoms in total. The smallest absolute Gasteiger partial charge is 0.308 e. The van der Waals surface area contributed by atoms with Gasteiger partial charge in [0.25, 0.3) is 0 Å². The van der Waals surface area contributed by atoms with Crippen LogP contribution in [0.5, 0.6) is 0 Å². The molecule has 0 saturated carbocycles. The van der Waals surface area contributed by atoms with Crippen LogP contribution in [0.1, 0.15) is 5.56 Å². The first-order valence-electron chi connectivity index (χ1n) is 10.7. The highest BCUT2D eigenvalue weighted by Crippen LogP contribution is 2.20. The molecule has 0 aliphatic rings. The van der Waals surface area contributed by atoms with E-state index in [4.69, 9.17) is 0 Å². The number of sulfonamides is 1. The van der Waals surface area contributed by atoms with Crippen molar-refractivity contribution in [2.45, 2.75) is 11.8 Å². The fraction of sp³-hybridized carbons (Fsp3) is 0.115. The average Bonchev–Trinajstić information content (AvgIpc) is 2.83. The Morgan fingerprint density at radius 3 is 2.26 bits per heavy atom. The molecule has 0 radical (unpaired) electrons. The summed E-state index contributed by atoms with van der Waals surface area (Å²) in [6.45, 7) is 1.95. The summed E-state index contributed by atoms with van der Waals surface area (Å²) < 4.78 is 41.7. The van der Waals surface area contributed by atoms with E-state index in [1.165, 1.54) is 29.2 Å². The van der Waals surface area contributed by atoms with Crippen LogP contribution >= 0.6 is 0 Å². The van der Waals surface area contributed by atoms with Gasteiger partial charge >= 0.3 is 6.03 Å². The van der Waals surface area contributed by atoms with Gasteiger partial charge in [-0.2, -0.15) is 0 Å². The van der Waals surface area contributed by atoms with Gasteiger partial charge in [-0.1, -0.05) is 48.0 Å². The van der Waals surface area contributed by atoms with E-state index in [1.807, 2.05) is 43.3 Å². The summed E-state index contributed by atoms with van der Waals surface area (Å²) in [4.78, 5) is 14.5. The molecule has 4 aromatic rings. The van der Waals surface area contributed by atoms with E-state index in [-0.39, 0.29) is 18.0 Å². The van der Waals surface area contributed by atoms with Gasteiger partial charge in [0.15, 0.2) is 0 Å². The number of nitrogens with one attached hydrogen (secondary N) is 2. The van der Waals surface area contributed by atoms with E-state index in [0.29, 0.717) is 11.4 Å². The number of amides is 2. The van der Waals surface area contributed by atoms with Crippen LogP contribution in [-0.4, -0.2) is 27.5 Å². The van der Waals surface area contributed by atoms with Gasteiger partial charge in [0.05, 0.1) is 4.90 Å². The van der Waals surface area contributed by atoms with Gasteiger partial charge in [0, 0.05) is 24.5 Å². The second-order valence-electron chi connectivity index (χ2n) is 7.83. The van der Waals surface area contributed by atoms with E-state index in [1.54, 1.807) is 30.3 Å². The first-order valence-corrected chi connectivity index (χ1v) is 12.2. The van der Waals surface area contributed by atoms with Gasteiger partial charge in [0.1, 0.15) is 5.82 Å². The van der Waals surface area contributed by atoms with Gasteiger partial charge < -0.3 is 5.32 Å². The van der Waals surface area contributed by atoms with E-state index in [2.05, 4.69) is 10.0 Å². The fourth-order valence-electron chi connectivity index (χ4n) is 3.51. The van der Waals surface area contributed by atoms with Crippen LogP contribution in [0.25, 0.3) is 10.8 Å². The zero-order chi connectivity index (χ0) is 24.1. The monoisotopic (exact) mass is 477 g/mol. The maximum atomic E-state index is 13.4. The number of nitrogens with zero attached hydrogens (tertiary/aromatic N) is 1. The molecule has 34 heavy (non-hydrogen) atoms. The normalized spacial score (nSPS) is 11.4. The minimum Gasteiger partial charge on any atom is -0.308 e. The topological polar surface area (TPSA) is 78.5 Å². The molecule has 0 saturated heterocycles. The summed E-state index contributed by atoms with van der Waals surface area (Å²) in [6.07, 6.45) is 0. The van der Waals surface area contributed by atoms with Gasteiger partial charge in [0.2, 0.25) is 10.0 Å². The number of urea groups is 1. The lowest BCUT2D eigenvalue weighted by molar-refractivity contribution is 0.257. The SMILES string of the molecule is Cc1ccc(NC(=O)N(CCNS(=O)(=O)c2ccc3ccccc3c2)c2ccc(F)cc2)cc1. The molecule has 2 amide bonds. The summed E-state index contributed by atoms with van der Waals surface area (Å²) in [5, 5.41) is 4.55. The molecule has 4 aromatic carbocycles. The Labute approximate surface area is 198 Å². The van der Waals surface area contributed by atoms with Gasteiger partial charge in [-0.25, -0.2) is 22.3 Å². The number of benzene rings is 4. The Morgan fingerprint density at radius 1 is 0.882 bits per heavy atom. The van der Waals surface area contributed by atoms with E-state index in [0.717, 1.165) is 16.3 Å². The van der Waals surface area contributed by atoms with Crippen LogP contribution in [0.2, 0.25) is 0 Å². The summed E-state index contributed by atoms with van der Waals surface area (Å²) in [5.41, 5.74) is 2.09. The van der Waals surface area contributed by atoms with Crippen LogP contribution in [-0.2, 0) is 10.0 Å². The summed E-state index contributed by atoms with van der Waals surface area (Å²) in [5.74, 6) is -0.431. The van der Waals surface area contributed by atoms with Crippen LogP contribution in [0.3, 0.4) is 0 Å². The van der Waals surface area contributed by atoms with Crippen LogP contribution < -0.4 is 14.9 Å². The lowest BCUT2D eigenvalue weighted by Crippen LogP contribution is -2.41. The molecule has 0 atom stereocenters. The van der Waals surface area contributed by atoms with E-state index < -0.39 is 21.9 Å².